The Morgan fingerprint density at radius 3 is 2.23 bits per heavy atom. The van der Waals surface area contributed by atoms with Crippen LogP contribution in [0.4, 0.5) is 5.69 Å². The van der Waals surface area contributed by atoms with E-state index in [1.54, 1.807) is 7.11 Å². The molecule has 6 nitrogen and oxygen atoms in total. The Hall–Kier alpha value is -2.54. The standard InChI is InChI=1S/C24H34N2O4S/c1-8-20(19-12-13-23(30-6)18(5)15-19)25-24(27)21(9-2)26(31(7,28)29)22-14-16(3)10-11-17(22)4/h10-15,20-21H,8-9H2,1-7H3,(H,25,27). The first-order chi connectivity index (χ1) is 14.5. The fourth-order valence-electron chi connectivity index (χ4n) is 3.80. The second kappa shape index (κ2) is 10.2. The molecule has 0 radical (unpaired) electrons. The smallest absolute Gasteiger partial charge is 0.244 e. The average Bonchev–Trinajstić information content (AvgIpc) is 2.71. The number of carbonyl (C=O) groups excluding carboxylic acids is 1. The molecule has 7 heteroatoms. The van der Waals surface area contributed by atoms with Crippen molar-refractivity contribution < 1.29 is 17.9 Å². The molecule has 2 aromatic rings. The lowest BCUT2D eigenvalue weighted by molar-refractivity contribution is -0.123. The molecule has 2 atom stereocenters. The van der Waals surface area contributed by atoms with Crippen molar-refractivity contribution in [2.45, 2.75) is 59.5 Å². The lowest BCUT2D eigenvalue weighted by Gasteiger charge is -2.32. The van der Waals surface area contributed by atoms with Crippen molar-refractivity contribution in [2.24, 2.45) is 0 Å². The molecule has 0 aliphatic carbocycles. The molecule has 170 valence electrons. The number of methoxy groups -OCH3 is 1. The highest BCUT2D eigenvalue weighted by Gasteiger charge is 2.33. The molecule has 2 aromatic carbocycles. The Bertz CT molecular complexity index is 1030. The zero-order valence-electron chi connectivity index (χ0n) is 19.5. The van der Waals surface area contributed by atoms with Crippen LogP contribution in [0.2, 0.25) is 0 Å². The monoisotopic (exact) mass is 446 g/mol. The van der Waals surface area contributed by atoms with Gasteiger partial charge in [-0.2, -0.15) is 0 Å². The van der Waals surface area contributed by atoms with E-state index in [4.69, 9.17) is 4.74 Å². The first kappa shape index (κ1) is 24.7. The first-order valence-electron chi connectivity index (χ1n) is 10.5. The normalized spacial score (nSPS) is 13.4. The van der Waals surface area contributed by atoms with Gasteiger partial charge < -0.3 is 10.1 Å². The van der Waals surface area contributed by atoms with Gasteiger partial charge in [-0.05, 0) is 68.0 Å². The minimum atomic E-state index is -3.68. The summed E-state index contributed by atoms with van der Waals surface area (Å²) in [5.74, 6) is 0.476. The van der Waals surface area contributed by atoms with Crippen molar-refractivity contribution in [3.05, 3.63) is 58.7 Å². The van der Waals surface area contributed by atoms with E-state index in [9.17, 15) is 13.2 Å². The molecular formula is C24H34N2O4S. The summed E-state index contributed by atoms with van der Waals surface area (Å²) >= 11 is 0. The molecule has 0 bridgehead atoms. The number of ether oxygens (including phenoxy) is 1. The Kier molecular flexibility index (Phi) is 8.12. The van der Waals surface area contributed by atoms with Gasteiger partial charge in [0.15, 0.2) is 0 Å². The lowest BCUT2D eigenvalue weighted by atomic mass is 10.0. The second-order valence-electron chi connectivity index (χ2n) is 7.97. The number of nitrogens with zero attached hydrogens (tertiary/aromatic N) is 1. The average molecular weight is 447 g/mol. The van der Waals surface area contributed by atoms with Gasteiger partial charge in [-0.3, -0.25) is 9.10 Å². The minimum absolute atomic E-state index is 0.230. The summed E-state index contributed by atoms with van der Waals surface area (Å²) in [7, 11) is -2.06. The molecule has 0 aliphatic heterocycles. The maximum atomic E-state index is 13.3. The van der Waals surface area contributed by atoms with Crippen molar-refractivity contribution in [2.75, 3.05) is 17.7 Å². The van der Waals surface area contributed by atoms with Crippen LogP contribution >= 0.6 is 0 Å². The first-order valence-corrected chi connectivity index (χ1v) is 12.4. The predicted molar refractivity (Wildman–Crippen MR) is 126 cm³/mol. The summed E-state index contributed by atoms with van der Waals surface area (Å²) in [6.07, 6.45) is 2.18. The molecule has 1 N–H and O–H groups in total. The van der Waals surface area contributed by atoms with E-state index >= 15 is 0 Å². The number of benzene rings is 2. The molecule has 0 fully saturated rings. The number of amides is 1. The van der Waals surface area contributed by atoms with E-state index < -0.39 is 16.1 Å². The molecule has 2 rings (SSSR count). The van der Waals surface area contributed by atoms with Crippen LogP contribution in [0.15, 0.2) is 36.4 Å². The number of carbonyl (C=O) groups is 1. The zero-order chi connectivity index (χ0) is 23.3. The largest absolute Gasteiger partial charge is 0.496 e. The van der Waals surface area contributed by atoms with Gasteiger partial charge in [0.2, 0.25) is 15.9 Å². The maximum Gasteiger partial charge on any atom is 0.244 e. The van der Waals surface area contributed by atoms with Crippen LogP contribution in [-0.4, -0.2) is 33.7 Å². The summed E-state index contributed by atoms with van der Waals surface area (Å²) in [5, 5.41) is 3.07. The molecule has 0 saturated carbocycles. The summed E-state index contributed by atoms with van der Waals surface area (Å²) in [5.41, 5.74) is 4.22. The third-order valence-corrected chi connectivity index (χ3v) is 6.64. The van der Waals surface area contributed by atoms with Gasteiger partial charge in [-0.15, -0.1) is 0 Å². The van der Waals surface area contributed by atoms with E-state index in [1.807, 2.05) is 71.0 Å². The molecule has 31 heavy (non-hydrogen) atoms. The summed E-state index contributed by atoms with van der Waals surface area (Å²) in [6.45, 7) is 9.53. The van der Waals surface area contributed by atoms with Crippen LogP contribution in [0, 0.1) is 20.8 Å². The number of nitrogens with one attached hydrogen (secondary N) is 1. The van der Waals surface area contributed by atoms with Crippen molar-refractivity contribution in [1.29, 1.82) is 0 Å². The fraction of sp³-hybridized carbons (Fsp3) is 0.458. The molecular weight excluding hydrogens is 412 g/mol. The lowest BCUT2D eigenvalue weighted by Crippen LogP contribution is -2.50. The molecule has 1 amide bonds. The number of hydrogen-bond donors (Lipinski definition) is 1. The van der Waals surface area contributed by atoms with Crippen molar-refractivity contribution in [3.63, 3.8) is 0 Å². The highest BCUT2D eigenvalue weighted by molar-refractivity contribution is 7.92. The van der Waals surface area contributed by atoms with Gasteiger partial charge in [0.05, 0.1) is 25.1 Å². The van der Waals surface area contributed by atoms with E-state index in [0.717, 1.165) is 34.3 Å². The van der Waals surface area contributed by atoms with E-state index in [0.29, 0.717) is 18.5 Å². The van der Waals surface area contributed by atoms with Gasteiger partial charge in [0.25, 0.3) is 0 Å². The highest BCUT2D eigenvalue weighted by atomic mass is 32.2. The zero-order valence-corrected chi connectivity index (χ0v) is 20.3. The summed E-state index contributed by atoms with van der Waals surface area (Å²) < 4.78 is 32.1. The van der Waals surface area contributed by atoms with Gasteiger partial charge in [0.1, 0.15) is 11.8 Å². The quantitative estimate of drug-likeness (QED) is 0.618. The van der Waals surface area contributed by atoms with Gasteiger partial charge >= 0.3 is 0 Å². The number of hydrogen-bond acceptors (Lipinski definition) is 4. The topological polar surface area (TPSA) is 75.7 Å². The van der Waals surface area contributed by atoms with Crippen molar-refractivity contribution in [3.8, 4) is 5.75 Å². The van der Waals surface area contributed by atoms with Crippen LogP contribution in [0.5, 0.6) is 5.75 Å². The van der Waals surface area contributed by atoms with Gasteiger partial charge in [-0.25, -0.2) is 8.42 Å². The van der Waals surface area contributed by atoms with Crippen LogP contribution in [0.25, 0.3) is 0 Å². The summed E-state index contributed by atoms with van der Waals surface area (Å²) in [6, 6.07) is 10.4. The Morgan fingerprint density at radius 2 is 1.71 bits per heavy atom. The molecule has 0 heterocycles. The maximum absolute atomic E-state index is 13.3. The third kappa shape index (κ3) is 5.79. The SMILES string of the molecule is CCC(NC(=O)C(CC)N(c1cc(C)ccc1C)S(C)(=O)=O)c1ccc(OC)c(C)c1. The Labute approximate surface area is 186 Å². The second-order valence-corrected chi connectivity index (χ2v) is 9.83. The molecule has 2 unspecified atom stereocenters. The van der Waals surface area contributed by atoms with E-state index in [2.05, 4.69) is 5.32 Å². The third-order valence-electron chi connectivity index (χ3n) is 5.48. The van der Waals surface area contributed by atoms with E-state index in [-0.39, 0.29) is 11.9 Å². The Balaban J connectivity index is 2.41. The van der Waals surface area contributed by atoms with Crippen molar-refractivity contribution in [1.82, 2.24) is 5.32 Å². The molecule has 0 spiro atoms. The van der Waals surface area contributed by atoms with Crippen LogP contribution in [0.3, 0.4) is 0 Å². The minimum Gasteiger partial charge on any atom is -0.496 e. The van der Waals surface area contributed by atoms with Gasteiger partial charge in [0, 0.05) is 0 Å². The molecule has 0 saturated heterocycles. The number of rotatable bonds is 9. The predicted octanol–water partition coefficient (Wildman–Crippen LogP) is 4.43. The number of anilines is 1. The number of aryl methyl sites for hydroxylation is 3. The molecule has 0 aromatic heterocycles. The van der Waals surface area contributed by atoms with Gasteiger partial charge in [-0.1, -0.05) is 38.1 Å². The van der Waals surface area contributed by atoms with Crippen LogP contribution < -0.4 is 14.4 Å². The Morgan fingerprint density at radius 1 is 1.03 bits per heavy atom. The number of sulfonamides is 1. The molecule has 0 aliphatic rings. The van der Waals surface area contributed by atoms with Crippen LogP contribution in [0.1, 0.15) is 55.0 Å². The fourth-order valence-corrected chi connectivity index (χ4v) is 5.06. The van der Waals surface area contributed by atoms with Crippen LogP contribution in [-0.2, 0) is 14.8 Å². The van der Waals surface area contributed by atoms with E-state index in [1.165, 1.54) is 4.31 Å². The highest BCUT2D eigenvalue weighted by Crippen LogP contribution is 2.29. The van der Waals surface area contributed by atoms with Crippen molar-refractivity contribution >= 4 is 21.6 Å². The summed E-state index contributed by atoms with van der Waals surface area (Å²) in [4.78, 5) is 13.3.